The number of carbonyl (C=O) groups excluding carboxylic acids is 4. The van der Waals surface area contributed by atoms with Crippen molar-refractivity contribution in [3.05, 3.63) is 59.1 Å². The molecule has 2 aromatic carbocycles. The zero-order chi connectivity index (χ0) is 20.5. The van der Waals surface area contributed by atoms with Gasteiger partial charge in [0.05, 0.1) is 6.42 Å². The van der Waals surface area contributed by atoms with Crippen molar-refractivity contribution in [2.45, 2.75) is 19.8 Å². The van der Waals surface area contributed by atoms with E-state index in [0.717, 1.165) is 0 Å². The summed E-state index contributed by atoms with van der Waals surface area (Å²) in [5, 5.41) is 3.17. The van der Waals surface area contributed by atoms with Crippen LogP contribution in [-0.4, -0.2) is 30.2 Å². The van der Waals surface area contributed by atoms with Gasteiger partial charge in [-0.05, 0) is 48.5 Å². The van der Waals surface area contributed by atoms with Crippen LogP contribution in [0.2, 0.25) is 5.02 Å². The first-order valence-corrected chi connectivity index (χ1v) is 8.74. The molecule has 28 heavy (non-hydrogen) atoms. The number of rotatable bonds is 8. The summed E-state index contributed by atoms with van der Waals surface area (Å²) in [4.78, 5) is 46.4. The fraction of sp³-hybridized carbons (Fsp3) is 0.200. The standard InChI is InChI=1S/C20H18ClNO6/c1-13(23)28-17-8-2-14(3-9-17)18(24)12-27-20(26)11-10-19(25)22-16-6-4-15(21)5-7-16/h2-9H,10-12H2,1H3,(H,22,25). The summed E-state index contributed by atoms with van der Waals surface area (Å²) in [6, 6.07) is 12.4. The minimum atomic E-state index is -0.656. The van der Waals surface area contributed by atoms with Crippen LogP contribution in [0.5, 0.6) is 5.75 Å². The number of anilines is 1. The number of benzene rings is 2. The van der Waals surface area contributed by atoms with Crippen LogP contribution in [-0.2, 0) is 19.1 Å². The van der Waals surface area contributed by atoms with Crippen LogP contribution in [0, 0.1) is 0 Å². The molecule has 0 unspecified atom stereocenters. The molecule has 7 nitrogen and oxygen atoms in total. The van der Waals surface area contributed by atoms with Crippen LogP contribution in [0.25, 0.3) is 0 Å². The van der Waals surface area contributed by atoms with Gasteiger partial charge in [0.1, 0.15) is 5.75 Å². The van der Waals surface area contributed by atoms with Crippen molar-refractivity contribution in [2.75, 3.05) is 11.9 Å². The quantitative estimate of drug-likeness (QED) is 0.412. The second-order valence-electron chi connectivity index (χ2n) is 5.76. The Balaban J connectivity index is 1.72. The number of ketones is 1. The molecule has 2 rings (SSSR count). The number of halogens is 1. The molecular weight excluding hydrogens is 386 g/mol. The van der Waals surface area contributed by atoms with Crippen molar-refractivity contribution >= 4 is 40.9 Å². The zero-order valence-electron chi connectivity index (χ0n) is 15.1. The molecule has 8 heteroatoms. The van der Waals surface area contributed by atoms with E-state index in [-0.39, 0.29) is 18.7 Å². The maximum Gasteiger partial charge on any atom is 0.308 e. The van der Waals surface area contributed by atoms with Gasteiger partial charge >= 0.3 is 11.9 Å². The maximum atomic E-state index is 12.0. The maximum absolute atomic E-state index is 12.0. The molecule has 0 aliphatic rings. The topological polar surface area (TPSA) is 98.8 Å². The van der Waals surface area contributed by atoms with Crippen LogP contribution in [0.4, 0.5) is 5.69 Å². The van der Waals surface area contributed by atoms with Crippen LogP contribution >= 0.6 is 11.6 Å². The van der Waals surface area contributed by atoms with E-state index in [2.05, 4.69) is 5.32 Å². The largest absolute Gasteiger partial charge is 0.457 e. The summed E-state index contributed by atoms with van der Waals surface area (Å²) in [5.74, 6) is -1.57. The second-order valence-corrected chi connectivity index (χ2v) is 6.19. The lowest BCUT2D eigenvalue weighted by Crippen LogP contribution is -2.17. The van der Waals surface area contributed by atoms with E-state index in [1.165, 1.54) is 31.2 Å². The van der Waals surface area contributed by atoms with Gasteiger partial charge in [0.2, 0.25) is 5.91 Å². The van der Waals surface area contributed by atoms with Gasteiger partial charge < -0.3 is 14.8 Å². The molecule has 146 valence electrons. The van der Waals surface area contributed by atoms with Crippen molar-refractivity contribution < 1.29 is 28.7 Å². The second kappa shape index (κ2) is 10.2. The third kappa shape index (κ3) is 7.20. The van der Waals surface area contributed by atoms with Gasteiger partial charge in [-0.3, -0.25) is 19.2 Å². The molecule has 0 aromatic heterocycles. The predicted octanol–water partition coefficient (Wildman–Crippen LogP) is 3.41. The van der Waals surface area contributed by atoms with Gasteiger partial charge in [-0.25, -0.2) is 0 Å². The molecule has 0 radical (unpaired) electrons. The third-order valence-electron chi connectivity index (χ3n) is 3.49. The van der Waals surface area contributed by atoms with Gasteiger partial charge in [-0.2, -0.15) is 0 Å². The molecule has 0 bridgehead atoms. The van der Waals surface area contributed by atoms with Crippen LogP contribution in [0.1, 0.15) is 30.1 Å². The molecule has 0 spiro atoms. The molecule has 0 saturated carbocycles. The van der Waals surface area contributed by atoms with E-state index in [1.807, 2.05) is 0 Å². The molecule has 0 fully saturated rings. The van der Waals surface area contributed by atoms with E-state index in [1.54, 1.807) is 24.3 Å². The molecule has 1 amide bonds. The summed E-state index contributed by atoms with van der Waals surface area (Å²) >= 11 is 5.76. The highest BCUT2D eigenvalue weighted by Gasteiger charge is 2.12. The average Bonchev–Trinajstić information content (AvgIpc) is 2.66. The number of amides is 1. The molecule has 0 aliphatic heterocycles. The Morgan fingerprint density at radius 2 is 1.57 bits per heavy atom. The Morgan fingerprint density at radius 1 is 0.929 bits per heavy atom. The van der Waals surface area contributed by atoms with E-state index in [4.69, 9.17) is 21.1 Å². The van der Waals surface area contributed by atoms with Crippen molar-refractivity contribution in [1.82, 2.24) is 0 Å². The van der Waals surface area contributed by atoms with Gasteiger partial charge in [0.25, 0.3) is 0 Å². The van der Waals surface area contributed by atoms with E-state index in [0.29, 0.717) is 22.0 Å². The number of hydrogen-bond donors (Lipinski definition) is 1. The number of esters is 2. The van der Waals surface area contributed by atoms with Gasteiger partial charge in [-0.1, -0.05) is 11.6 Å². The number of ether oxygens (including phenoxy) is 2. The molecular formula is C20H18ClNO6. The summed E-state index contributed by atoms with van der Waals surface area (Å²) in [6.07, 6.45) is -0.231. The highest BCUT2D eigenvalue weighted by atomic mass is 35.5. The summed E-state index contributed by atoms with van der Waals surface area (Å²) in [6.45, 7) is 0.832. The number of Topliss-reactive ketones (excluding diaryl/α,β-unsaturated/α-hetero) is 1. The molecule has 0 saturated heterocycles. The lowest BCUT2D eigenvalue weighted by Gasteiger charge is -2.07. The summed E-state index contributed by atoms with van der Waals surface area (Å²) < 4.78 is 9.77. The van der Waals surface area contributed by atoms with Crippen LogP contribution in [0.15, 0.2) is 48.5 Å². The lowest BCUT2D eigenvalue weighted by atomic mass is 10.1. The monoisotopic (exact) mass is 403 g/mol. The number of hydrogen-bond acceptors (Lipinski definition) is 6. The van der Waals surface area contributed by atoms with E-state index >= 15 is 0 Å². The number of carbonyl (C=O) groups is 4. The fourth-order valence-electron chi connectivity index (χ4n) is 2.15. The smallest absolute Gasteiger partial charge is 0.308 e. The number of nitrogens with one attached hydrogen (secondary N) is 1. The Labute approximate surface area is 166 Å². The molecule has 0 aliphatic carbocycles. The van der Waals surface area contributed by atoms with E-state index < -0.39 is 24.3 Å². The molecule has 2 aromatic rings. The van der Waals surface area contributed by atoms with Crippen molar-refractivity contribution in [1.29, 1.82) is 0 Å². The molecule has 0 heterocycles. The van der Waals surface area contributed by atoms with Crippen molar-refractivity contribution in [3.8, 4) is 5.75 Å². The highest BCUT2D eigenvalue weighted by molar-refractivity contribution is 6.30. The zero-order valence-corrected chi connectivity index (χ0v) is 15.8. The Kier molecular flexibility index (Phi) is 7.71. The van der Waals surface area contributed by atoms with Crippen LogP contribution in [0.3, 0.4) is 0 Å². The van der Waals surface area contributed by atoms with Crippen molar-refractivity contribution in [3.63, 3.8) is 0 Å². The van der Waals surface area contributed by atoms with Crippen molar-refractivity contribution in [2.24, 2.45) is 0 Å². The molecule has 0 atom stereocenters. The summed E-state index contributed by atoms with van der Waals surface area (Å²) in [5.41, 5.74) is 0.874. The predicted molar refractivity (Wildman–Crippen MR) is 102 cm³/mol. The highest BCUT2D eigenvalue weighted by Crippen LogP contribution is 2.14. The summed E-state index contributed by atoms with van der Waals surface area (Å²) in [7, 11) is 0. The third-order valence-corrected chi connectivity index (χ3v) is 3.74. The SMILES string of the molecule is CC(=O)Oc1ccc(C(=O)COC(=O)CCC(=O)Nc2ccc(Cl)cc2)cc1. The van der Waals surface area contributed by atoms with Gasteiger partial charge in [-0.15, -0.1) is 0 Å². The Morgan fingerprint density at radius 3 is 2.18 bits per heavy atom. The lowest BCUT2D eigenvalue weighted by molar-refractivity contribution is -0.143. The fourth-order valence-corrected chi connectivity index (χ4v) is 2.27. The first-order chi connectivity index (χ1) is 13.3. The average molecular weight is 404 g/mol. The van der Waals surface area contributed by atoms with E-state index in [9.17, 15) is 19.2 Å². The normalized spacial score (nSPS) is 10.1. The minimum Gasteiger partial charge on any atom is -0.457 e. The van der Waals surface area contributed by atoms with Gasteiger partial charge in [0.15, 0.2) is 12.4 Å². The Bertz CT molecular complexity index is 861. The first-order valence-electron chi connectivity index (χ1n) is 8.36. The first kappa shape index (κ1) is 21.1. The van der Waals surface area contributed by atoms with Gasteiger partial charge in [0, 0.05) is 29.6 Å². The molecule has 1 N–H and O–H groups in total. The Hall–Kier alpha value is -3.19. The minimum absolute atomic E-state index is 0.0767. The van der Waals surface area contributed by atoms with Crippen LogP contribution < -0.4 is 10.1 Å².